The maximum Gasteiger partial charge on any atom is 0.402 e. The monoisotopic (exact) mass is 563 g/mol. The van der Waals surface area contributed by atoms with Gasteiger partial charge in [-0.15, -0.1) is 0 Å². The second-order valence-corrected chi connectivity index (χ2v) is 13.0. The van der Waals surface area contributed by atoms with Crippen molar-refractivity contribution in [3.05, 3.63) is 84.9 Å². The molecule has 2 aliphatic carbocycles. The highest BCUT2D eigenvalue weighted by Gasteiger charge is 2.48. The van der Waals surface area contributed by atoms with E-state index in [9.17, 15) is 27.1 Å². The van der Waals surface area contributed by atoms with E-state index in [-0.39, 0.29) is 16.8 Å². The lowest BCUT2D eigenvalue weighted by atomic mass is 9.89. The lowest BCUT2D eigenvalue weighted by Crippen LogP contribution is -2.36. The van der Waals surface area contributed by atoms with Crippen LogP contribution in [0.5, 0.6) is 5.75 Å². The fourth-order valence-corrected chi connectivity index (χ4v) is 7.26. The number of hydrogen-bond acceptors (Lipinski definition) is 5. The number of esters is 1. The molecule has 38 heavy (non-hydrogen) atoms. The molecule has 2 fully saturated rings. The van der Waals surface area contributed by atoms with Crippen LogP contribution in [-0.4, -0.2) is 35.9 Å². The van der Waals surface area contributed by atoms with Gasteiger partial charge in [-0.25, -0.2) is 0 Å². The van der Waals surface area contributed by atoms with Crippen molar-refractivity contribution < 1.29 is 36.4 Å². The number of alkyl halides is 2. The highest BCUT2D eigenvalue weighted by molar-refractivity contribution is 7.97. The zero-order valence-corrected chi connectivity index (χ0v) is 22.1. The predicted molar refractivity (Wildman–Crippen MR) is 140 cm³/mol. The molecular formula is C28H29F2O6S2+. The molecule has 0 radical (unpaired) electrons. The van der Waals surface area contributed by atoms with Crippen molar-refractivity contribution in [2.75, 3.05) is 6.61 Å². The molecule has 3 atom stereocenters. The van der Waals surface area contributed by atoms with E-state index in [0.717, 1.165) is 19.3 Å². The van der Waals surface area contributed by atoms with Crippen molar-refractivity contribution in [1.29, 1.82) is 0 Å². The average molecular weight is 564 g/mol. The number of ether oxygens (including phenoxy) is 1. The molecule has 2 aliphatic rings. The van der Waals surface area contributed by atoms with Crippen LogP contribution in [0.1, 0.15) is 25.7 Å². The Morgan fingerprint density at radius 2 is 1.39 bits per heavy atom. The Hall–Kier alpha value is -2.95. The number of fused-ring (bicyclic) bond motifs is 2. The quantitative estimate of drug-likeness (QED) is 0.210. The van der Waals surface area contributed by atoms with Gasteiger partial charge in [-0.05, 0) is 79.6 Å². The summed E-state index contributed by atoms with van der Waals surface area (Å²) >= 11 is 0. The van der Waals surface area contributed by atoms with Gasteiger partial charge in [-0.1, -0.05) is 42.8 Å². The molecule has 3 aromatic rings. The Kier molecular flexibility index (Phi) is 8.74. The summed E-state index contributed by atoms with van der Waals surface area (Å²) in [7, 11) is -5.68. The van der Waals surface area contributed by atoms with Crippen molar-refractivity contribution in [1.82, 2.24) is 0 Å². The van der Waals surface area contributed by atoms with E-state index >= 15 is 0 Å². The smallest absolute Gasteiger partial charge is 0.402 e. The van der Waals surface area contributed by atoms with Crippen LogP contribution < -0.4 is 0 Å². The van der Waals surface area contributed by atoms with Crippen LogP contribution in [0.15, 0.2) is 99.6 Å². The normalized spacial score (nSPS) is 20.6. The summed E-state index contributed by atoms with van der Waals surface area (Å²) in [6.07, 6.45) is 3.48. The third-order valence-electron chi connectivity index (χ3n) is 6.83. The Bertz CT molecular complexity index is 1280. The van der Waals surface area contributed by atoms with Crippen molar-refractivity contribution in [3.63, 3.8) is 0 Å². The summed E-state index contributed by atoms with van der Waals surface area (Å²) in [6.45, 7) is -1.63. The molecule has 6 nitrogen and oxygen atoms in total. The van der Waals surface area contributed by atoms with Crippen molar-refractivity contribution in [2.45, 2.75) is 45.6 Å². The number of hydrogen-bond donors (Lipinski definition) is 2. The van der Waals surface area contributed by atoms with Crippen LogP contribution in [0.4, 0.5) is 8.78 Å². The zero-order valence-electron chi connectivity index (χ0n) is 20.5. The number of carbonyl (C=O) groups excluding carboxylic acids is 1. The SMILES string of the molecule is O=C(OCC(F)(F)S(=O)(=O)O)C1CC2CCC1C2.Oc1ccc([S+](c2ccccc2)c2ccccc2)cc1. The predicted octanol–water partition coefficient (Wildman–Crippen LogP) is 5.93. The molecule has 0 heterocycles. The van der Waals surface area contributed by atoms with Gasteiger partial charge in [-0.2, -0.15) is 17.2 Å². The van der Waals surface area contributed by atoms with E-state index in [4.69, 9.17) is 4.55 Å². The highest BCUT2D eigenvalue weighted by atomic mass is 32.2. The van der Waals surface area contributed by atoms with E-state index in [0.29, 0.717) is 18.1 Å². The van der Waals surface area contributed by atoms with E-state index in [2.05, 4.69) is 53.3 Å². The van der Waals surface area contributed by atoms with Gasteiger partial charge in [0, 0.05) is 0 Å². The Labute approximate surface area is 223 Å². The summed E-state index contributed by atoms with van der Waals surface area (Å²) in [5.41, 5.74) is 0. The molecule has 2 saturated carbocycles. The molecule has 5 rings (SSSR count). The van der Waals surface area contributed by atoms with Gasteiger partial charge < -0.3 is 9.84 Å². The van der Waals surface area contributed by atoms with E-state index in [1.807, 2.05) is 24.3 Å². The minimum atomic E-state index is -5.54. The summed E-state index contributed by atoms with van der Waals surface area (Å²) in [4.78, 5) is 15.3. The number of rotatable bonds is 7. The van der Waals surface area contributed by atoms with Gasteiger partial charge in [0.2, 0.25) is 0 Å². The molecule has 0 saturated heterocycles. The second-order valence-electron chi connectivity index (χ2n) is 9.43. The Morgan fingerprint density at radius 3 is 1.84 bits per heavy atom. The maximum absolute atomic E-state index is 12.9. The second kappa shape index (κ2) is 11.8. The van der Waals surface area contributed by atoms with Crippen LogP contribution >= 0.6 is 0 Å². The van der Waals surface area contributed by atoms with Gasteiger partial charge in [0.25, 0.3) is 0 Å². The molecule has 2 bridgehead atoms. The highest BCUT2D eigenvalue weighted by Crippen LogP contribution is 2.48. The molecule has 0 spiro atoms. The number of phenolic OH excluding ortho intramolecular Hbond substituents is 1. The standard InChI is InChI=1S/C18H14OS.C10H14F2O5S/c19-15-11-13-18(14-12-15)20(16-7-3-1-4-8-16)17-9-5-2-6-10-17;11-10(12,18(14,15)16)5-17-9(13)8-4-6-1-2-7(8)3-6/h1-14H;6-8H,1-5H2,(H,14,15,16)/p+1. The molecule has 0 aliphatic heterocycles. The van der Waals surface area contributed by atoms with Gasteiger partial charge >= 0.3 is 21.3 Å². The largest absolute Gasteiger partial charge is 0.508 e. The average Bonchev–Trinajstić information content (AvgIpc) is 3.54. The summed E-state index contributed by atoms with van der Waals surface area (Å²) in [6, 6.07) is 28.5. The first-order chi connectivity index (χ1) is 18.0. The third-order valence-corrected chi connectivity index (χ3v) is 9.93. The van der Waals surface area contributed by atoms with Crippen molar-refractivity contribution in [2.24, 2.45) is 17.8 Å². The zero-order chi connectivity index (χ0) is 27.3. The number of benzene rings is 3. The van der Waals surface area contributed by atoms with E-state index in [1.165, 1.54) is 14.7 Å². The fourth-order valence-electron chi connectivity index (χ4n) is 4.97. The van der Waals surface area contributed by atoms with Gasteiger partial charge in [0.05, 0.1) is 16.8 Å². The maximum atomic E-state index is 12.9. The summed E-state index contributed by atoms with van der Waals surface area (Å²) in [5, 5.41) is 5.04. The van der Waals surface area contributed by atoms with Gasteiger partial charge in [0.15, 0.2) is 21.3 Å². The molecule has 10 heteroatoms. The van der Waals surface area contributed by atoms with Crippen LogP contribution in [0.3, 0.4) is 0 Å². The van der Waals surface area contributed by atoms with Crippen LogP contribution in [-0.2, 0) is 30.5 Å². The minimum Gasteiger partial charge on any atom is -0.508 e. The fraction of sp³-hybridized carbons (Fsp3) is 0.321. The third kappa shape index (κ3) is 6.73. The summed E-state index contributed by atoms with van der Waals surface area (Å²) in [5.74, 6) is -0.263. The molecule has 2 N–H and O–H groups in total. The Balaban J connectivity index is 0.000000178. The topological polar surface area (TPSA) is 101 Å². The van der Waals surface area contributed by atoms with Gasteiger partial charge in [0.1, 0.15) is 5.75 Å². The van der Waals surface area contributed by atoms with Crippen molar-refractivity contribution >= 4 is 27.0 Å². The number of carbonyl (C=O) groups is 1. The lowest BCUT2D eigenvalue weighted by molar-refractivity contribution is -0.156. The first kappa shape index (κ1) is 28.1. The first-order valence-corrected chi connectivity index (χ1v) is 14.9. The van der Waals surface area contributed by atoms with E-state index < -0.39 is 33.9 Å². The lowest BCUT2D eigenvalue weighted by Gasteiger charge is -2.21. The van der Waals surface area contributed by atoms with Gasteiger partial charge in [-0.3, -0.25) is 9.35 Å². The minimum absolute atomic E-state index is 0.134. The van der Waals surface area contributed by atoms with E-state index in [1.54, 1.807) is 12.1 Å². The van der Waals surface area contributed by atoms with Crippen molar-refractivity contribution in [3.8, 4) is 5.75 Å². The molecule has 0 amide bonds. The first-order valence-electron chi connectivity index (χ1n) is 12.2. The van der Waals surface area contributed by atoms with Crippen LogP contribution in [0.25, 0.3) is 0 Å². The molecule has 202 valence electrons. The molecular weight excluding hydrogens is 534 g/mol. The molecule has 3 aromatic carbocycles. The molecule has 3 unspecified atom stereocenters. The molecule has 0 aromatic heterocycles. The summed E-state index contributed by atoms with van der Waals surface area (Å²) < 4.78 is 59.0. The van der Waals surface area contributed by atoms with Crippen LogP contribution in [0.2, 0.25) is 0 Å². The Morgan fingerprint density at radius 1 is 0.868 bits per heavy atom. The number of phenols is 1. The number of halogens is 2. The number of aromatic hydroxyl groups is 1. The van der Waals surface area contributed by atoms with Crippen LogP contribution in [0, 0.1) is 17.8 Å².